The molecule has 1 unspecified atom stereocenters. The zero-order chi connectivity index (χ0) is 13.1. The number of carbonyl (C=O) groups excluding carboxylic acids is 1. The van der Waals surface area contributed by atoms with Crippen LogP contribution in [0.1, 0.15) is 24.8 Å². The van der Waals surface area contributed by atoms with Crippen LogP contribution in [0.4, 0.5) is 5.69 Å². The Morgan fingerprint density at radius 2 is 2.28 bits per heavy atom. The Morgan fingerprint density at radius 3 is 2.94 bits per heavy atom. The molecular formula is C14H19NO3. The molecule has 1 heterocycles. The predicted molar refractivity (Wildman–Crippen MR) is 70.3 cm³/mol. The second-order valence-electron chi connectivity index (χ2n) is 4.41. The van der Waals surface area contributed by atoms with Gasteiger partial charge >= 0.3 is 5.97 Å². The third kappa shape index (κ3) is 2.15. The molecule has 4 nitrogen and oxygen atoms in total. The first kappa shape index (κ1) is 12.7. The Kier molecular flexibility index (Phi) is 3.75. The first-order valence-electron chi connectivity index (χ1n) is 6.23. The average molecular weight is 249 g/mol. The first-order chi connectivity index (χ1) is 8.69. The highest BCUT2D eigenvalue weighted by Crippen LogP contribution is 2.41. The van der Waals surface area contributed by atoms with Crippen LogP contribution < -0.4 is 9.64 Å². The fraction of sp³-hybridized carbons (Fsp3) is 0.500. The molecule has 0 fully saturated rings. The van der Waals surface area contributed by atoms with Crippen molar-refractivity contribution in [3.63, 3.8) is 0 Å². The summed E-state index contributed by atoms with van der Waals surface area (Å²) in [4.78, 5) is 14.1. The smallest absolute Gasteiger partial charge is 0.313 e. The van der Waals surface area contributed by atoms with Gasteiger partial charge in [-0.1, -0.05) is 12.1 Å². The zero-order valence-electron chi connectivity index (χ0n) is 11.1. The lowest BCUT2D eigenvalue weighted by molar-refractivity contribution is -0.145. The number of benzene rings is 1. The monoisotopic (exact) mass is 249 g/mol. The summed E-state index contributed by atoms with van der Waals surface area (Å²) in [5.41, 5.74) is 2.01. The van der Waals surface area contributed by atoms with Gasteiger partial charge in [-0.25, -0.2) is 0 Å². The van der Waals surface area contributed by atoms with Gasteiger partial charge in [-0.05, 0) is 25.0 Å². The quantitative estimate of drug-likeness (QED) is 0.770. The van der Waals surface area contributed by atoms with Crippen LogP contribution in [0.3, 0.4) is 0 Å². The number of rotatable bonds is 3. The molecular weight excluding hydrogens is 230 g/mol. The van der Waals surface area contributed by atoms with Gasteiger partial charge in [-0.15, -0.1) is 0 Å². The number of anilines is 1. The molecule has 0 radical (unpaired) electrons. The normalized spacial score (nSPS) is 18.2. The lowest BCUT2D eigenvalue weighted by Gasteiger charge is -2.33. The predicted octanol–water partition coefficient (Wildman–Crippen LogP) is 2.18. The van der Waals surface area contributed by atoms with Crippen LogP contribution in [0.2, 0.25) is 0 Å². The van der Waals surface area contributed by atoms with Crippen molar-refractivity contribution in [1.29, 1.82) is 0 Å². The molecule has 1 aromatic carbocycles. The number of carbonyl (C=O) groups is 1. The summed E-state index contributed by atoms with van der Waals surface area (Å²) in [6.07, 6.45) is 0.787. The van der Waals surface area contributed by atoms with Gasteiger partial charge in [0.05, 0.1) is 25.3 Å². The van der Waals surface area contributed by atoms with E-state index in [0.29, 0.717) is 6.61 Å². The van der Waals surface area contributed by atoms with Crippen molar-refractivity contribution in [2.75, 3.05) is 32.2 Å². The number of para-hydroxylation sites is 1. The Bertz CT molecular complexity index is 445. The van der Waals surface area contributed by atoms with Crippen molar-refractivity contribution in [2.24, 2.45) is 0 Å². The van der Waals surface area contributed by atoms with Gasteiger partial charge in [0.25, 0.3) is 0 Å². The van der Waals surface area contributed by atoms with Gasteiger partial charge in [-0.2, -0.15) is 0 Å². The SMILES string of the molecule is CCOC(=O)C1CCN(C)c2c(OC)cccc21. The van der Waals surface area contributed by atoms with Crippen LogP contribution in [0.15, 0.2) is 18.2 Å². The molecule has 0 bridgehead atoms. The highest BCUT2D eigenvalue weighted by Gasteiger charge is 2.31. The largest absolute Gasteiger partial charge is 0.495 e. The molecule has 0 spiro atoms. The van der Waals surface area contributed by atoms with E-state index in [-0.39, 0.29) is 11.9 Å². The van der Waals surface area contributed by atoms with Gasteiger partial charge in [0, 0.05) is 13.6 Å². The highest BCUT2D eigenvalue weighted by molar-refractivity contribution is 5.83. The number of nitrogens with zero attached hydrogens (tertiary/aromatic N) is 1. The number of fused-ring (bicyclic) bond motifs is 1. The molecule has 0 amide bonds. The molecule has 0 aromatic heterocycles. The van der Waals surface area contributed by atoms with E-state index in [2.05, 4.69) is 4.90 Å². The summed E-state index contributed by atoms with van der Waals surface area (Å²) in [6.45, 7) is 3.08. The second kappa shape index (κ2) is 5.29. The molecule has 2 rings (SSSR count). The molecule has 98 valence electrons. The molecule has 18 heavy (non-hydrogen) atoms. The summed E-state index contributed by atoms with van der Waals surface area (Å²) in [5, 5.41) is 0. The van der Waals surface area contributed by atoms with Gasteiger partial charge in [-0.3, -0.25) is 4.79 Å². The number of hydrogen-bond donors (Lipinski definition) is 0. The van der Waals surface area contributed by atoms with E-state index >= 15 is 0 Å². The number of ether oxygens (including phenoxy) is 2. The zero-order valence-corrected chi connectivity index (χ0v) is 11.1. The minimum Gasteiger partial charge on any atom is -0.495 e. The Balaban J connectivity index is 2.41. The molecule has 0 aliphatic carbocycles. The summed E-state index contributed by atoms with van der Waals surface area (Å²) >= 11 is 0. The standard InChI is InChI=1S/C14H19NO3/c1-4-18-14(16)11-8-9-15(2)13-10(11)6-5-7-12(13)17-3/h5-7,11H,4,8-9H2,1-3H3. The highest BCUT2D eigenvalue weighted by atomic mass is 16.5. The molecule has 0 N–H and O–H groups in total. The second-order valence-corrected chi connectivity index (χ2v) is 4.41. The Morgan fingerprint density at radius 1 is 1.50 bits per heavy atom. The fourth-order valence-electron chi connectivity index (χ4n) is 2.47. The third-order valence-corrected chi connectivity index (χ3v) is 3.33. The Labute approximate surface area is 107 Å². The van der Waals surface area contributed by atoms with Crippen molar-refractivity contribution in [3.8, 4) is 5.75 Å². The molecule has 1 atom stereocenters. The van der Waals surface area contributed by atoms with Gasteiger partial charge in [0.2, 0.25) is 0 Å². The van der Waals surface area contributed by atoms with Crippen LogP contribution in [-0.4, -0.2) is 33.3 Å². The van der Waals surface area contributed by atoms with Gasteiger partial charge < -0.3 is 14.4 Å². The van der Waals surface area contributed by atoms with Crippen LogP contribution in [0.5, 0.6) is 5.75 Å². The number of esters is 1. The summed E-state index contributed by atoms with van der Waals surface area (Å²) in [6, 6.07) is 5.82. The molecule has 1 aliphatic heterocycles. The lowest BCUT2D eigenvalue weighted by atomic mass is 9.90. The van der Waals surface area contributed by atoms with E-state index < -0.39 is 0 Å². The van der Waals surface area contributed by atoms with Crippen molar-refractivity contribution in [1.82, 2.24) is 0 Å². The summed E-state index contributed by atoms with van der Waals surface area (Å²) in [5.74, 6) is 0.496. The van der Waals surface area contributed by atoms with Crippen LogP contribution in [0, 0.1) is 0 Å². The molecule has 1 aliphatic rings. The van der Waals surface area contributed by atoms with E-state index in [1.54, 1.807) is 7.11 Å². The minimum atomic E-state index is -0.175. The van der Waals surface area contributed by atoms with E-state index in [1.807, 2.05) is 32.2 Å². The van der Waals surface area contributed by atoms with Crippen LogP contribution >= 0.6 is 0 Å². The number of methoxy groups -OCH3 is 1. The number of hydrogen-bond acceptors (Lipinski definition) is 4. The van der Waals surface area contributed by atoms with Crippen LogP contribution in [0.25, 0.3) is 0 Å². The molecule has 0 saturated carbocycles. The summed E-state index contributed by atoms with van der Waals surface area (Å²) < 4.78 is 10.5. The maximum absolute atomic E-state index is 12.0. The van der Waals surface area contributed by atoms with Crippen molar-refractivity contribution < 1.29 is 14.3 Å². The maximum atomic E-state index is 12.0. The van der Waals surface area contributed by atoms with Crippen LogP contribution in [-0.2, 0) is 9.53 Å². The van der Waals surface area contributed by atoms with Gasteiger partial charge in [0.1, 0.15) is 5.75 Å². The lowest BCUT2D eigenvalue weighted by Crippen LogP contribution is -2.31. The molecule has 0 saturated heterocycles. The first-order valence-corrected chi connectivity index (χ1v) is 6.23. The topological polar surface area (TPSA) is 38.8 Å². The minimum absolute atomic E-state index is 0.139. The molecule has 1 aromatic rings. The third-order valence-electron chi connectivity index (χ3n) is 3.33. The Hall–Kier alpha value is -1.71. The fourth-order valence-corrected chi connectivity index (χ4v) is 2.47. The molecule has 4 heteroatoms. The van der Waals surface area contributed by atoms with E-state index in [9.17, 15) is 4.79 Å². The van der Waals surface area contributed by atoms with E-state index in [4.69, 9.17) is 9.47 Å². The van der Waals surface area contributed by atoms with Crippen molar-refractivity contribution in [3.05, 3.63) is 23.8 Å². The van der Waals surface area contributed by atoms with E-state index in [1.165, 1.54) is 0 Å². The van der Waals surface area contributed by atoms with Gasteiger partial charge in [0.15, 0.2) is 0 Å². The maximum Gasteiger partial charge on any atom is 0.313 e. The average Bonchev–Trinajstić information content (AvgIpc) is 2.38. The summed E-state index contributed by atoms with van der Waals surface area (Å²) in [7, 11) is 3.67. The van der Waals surface area contributed by atoms with E-state index in [0.717, 1.165) is 30.0 Å². The van der Waals surface area contributed by atoms with Crippen molar-refractivity contribution >= 4 is 11.7 Å². The van der Waals surface area contributed by atoms with Crippen molar-refractivity contribution in [2.45, 2.75) is 19.3 Å².